The standard InChI is InChI=1S/C34H27NO8/c1-35-16-24(33-15-14-23(43-33)26(30(38)40-2)27(33)31(39)41-3)32(17-42-22-13-5-4-10-19(22)28(32)36)34(35)21-12-7-9-18-8-6-11-20(25(18)21)29(34)37/h4-15,23-24H,16-17H2,1-3H3/t23?,24-,32-,33?,34-/m1/s1. The lowest BCUT2D eigenvalue weighted by atomic mass is 9.53. The largest absolute Gasteiger partial charge is 0.492 e. The van der Waals surface area contributed by atoms with E-state index >= 15 is 9.59 Å². The normalized spacial score (nSPS) is 31.8. The third-order valence-electron chi connectivity index (χ3n) is 10.2. The van der Waals surface area contributed by atoms with E-state index < -0.39 is 40.5 Å². The van der Waals surface area contributed by atoms with Gasteiger partial charge in [0, 0.05) is 18.0 Å². The van der Waals surface area contributed by atoms with Crippen molar-refractivity contribution >= 4 is 34.3 Å². The Bertz CT molecular complexity index is 1890. The van der Waals surface area contributed by atoms with Gasteiger partial charge in [-0.25, -0.2) is 9.59 Å². The Morgan fingerprint density at radius 2 is 1.63 bits per heavy atom. The highest BCUT2D eigenvalue weighted by Crippen LogP contribution is 2.68. The number of hydrogen-bond acceptors (Lipinski definition) is 9. The number of benzene rings is 3. The summed E-state index contributed by atoms with van der Waals surface area (Å²) in [6.07, 6.45) is 2.55. The molecule has 0 saturated carbocycles. The number of likely N-dealkylation sites (N-methyl/N-ethyl adjacent to an activating group) is 1. The first kappa shape index (κ1) is 26.1. The number of fused-ring (bicyclic) bond motifs is 5. The van der Waals surface area contributed by atoms with E-state index in [2.05, 4.69) is 0 Å². The van der Waals surface area contributed by atoms with E-state index in [1.807, 2.05) is 42.3 Å². The van der Waals surface area contributed by atoms with Crippen LogP contribution in [0.4, 0.5) is 0 Å². The zero-order chi connectivity index (χ0) is 29.9. The number of ketones is 2. The summed E-state index contributed by atoms with van der Waals surface area (Å²) in [6.45, 7) is 0.0129. The molecule has 5 aliphatic rings. The van der Waals surface area contributed by atoms with Crippen molar-refractivity contribution in [2.75, 3.05) is 34.4 Å². The van der Waals surface area contributed by atoms with Gasteiger partial charge < -0.3 is 18.9 Å². The van der Waals surface area contributed by atoms with Gasteiger partial charge in [-0.15, -0.1) is 0 Å². The maximum absolute atomic E-state index is 15.3. The molecule has 0 N–H and O–H groups in total. The molecule has 43 heavy (non-hydrogen) atoms. The summed E-state index contributed by atoms with van der Waals surface area (Å²) in [5.74, 6) is -2.42. The van der Waals surface area contributed by atoms with Gasteiger partial charge in [-0.05, 0) is 41.6 Å². The van der Waals surface area contributed by atoms with E-state index in [4.69, 9.17) is 18.9 Å². The smallest absolute Gasteiger partial charge is 0.337 e. The van der Waals surface area contributed by atoms with E-state index in [9.17, 15) is 9.59 Å². The molecule has 9 heteroatoms. The summed E-state index contributed by atoms with van der Waals surface area (Å²) in [6, 6.07) is 18.3. The second-order valence-corrected chi connectivity index (χ2v) is 11.7. The second-order valence-electron chi connectivity index (χ2n) is 11.7. The molecule has 2 spiro atoms. The van der Waals surface area contributed by atoms with Crippen LogP contribution in [0.3, 0.4) is 0 Å². The third-order valence-corrected chi connectivity index (χ3v) is 10.2. The maximum Gasteiger partial charge on any atom is 0.337 e. The predicted molar refractivity (Wildman–Crippen MR) is 153 cm³/mol. The number of para-hydroxylation sites is 1. The van der Waals surface area contributed by atoms with Crippen LogP contribution in [0.15, 0.2) is 84.0 Å². The van der Waals surface area contributed by atoms with E-state index in [1.165, 1.54) is 14.2 Å². The zero-order valence-electron chi connectivity index (χ0n) is 23.7. The van der Waals surface area contributed by atoms with Crippen molar-refractivity contribution in [3.05, 3.63) is 101 Å². The molecule has 216 valence electrons. The van der Waals surface area contributed by atoms with Gasteiger partial charge in [-0.2, -0.15) is 0 Å². The molecule has 3 aromatic carbocycles. The number of Topliss-reactive ketones (excluding diaryl/α,β-unsaturated/α-hetero) is 2. The van der Waals surface area contributed by atoms with Gasteiger partial charge in [-0.3, -0.25) is 14.5 Å². The van der Waals surface area contributed by atoms with Crippen molar-refractivity contribution < 1.29 is 38.1 Å². The molecule has 1 aliphatic carbocycles. The molecular weight excluding hydrogens is 550 g/mol. The van der Waals surface area contributed by atoms with Crippen LogP contribution in [0.5, 0.6) is 5.75 Å². The average Bonchev–Trinajstić information content (AvgIpc) is 3.75. The minimum atomic E-state index is -1.58. The summed E-state index contributed by atoms with van der Waals surface area (Å²) in [4.78, 5) is 58.8. The summed E-state index contributed by atoms with van der Waals surface area (Å²) in [7, 11) is 4.29. The first-order valence-electron chi connectivity index (χ1n) is 14.1. The van der Waals surface area contributed by atoms with Gasteiger partial charge in [-0.1, -0.05) is 54.6 Å². The highest BCUT2D eigenvalue weighted by atomic mass is 16.6. The molecule has 4 aliphatic heterocycles. The van der Waals surface area contributed by atoms with Crippen LogP contribution in [0, 0.1) is 11.3 Å². The Labute approximate surface area is 246 Å². The Morgan fingerprint density at radius 3 is 2.40 bits per heavy atom. The number of carbonyl (C=O) groups excluding carboxylic acids is 4. The quantitative estimate of drug-likeness (QED) is 0.342. The molecule has 1 saturated heterocycles. The lowest BCUT2D eigenvalue weighted by Crippen LogP contribution is -2.65. The first-order valence-corrected chi connectivity index (χ1v) is 14.1. The minimum Gasteiger partial charge on any atom is -0.492 e. The molecule has 0 radical (unpaired) electrons. The molecular formula is C34H27NO8. The second kappa shape index (κ2) is 8.49. The summed E-state index contributed by atoms with van der Waals surface area (Å²) in [5, 5.41) is 1.67. The van der Waals surface area contributed by atoms with E-state index in [-0.39, 0.29) is 35.9 Å². The number of likely N-dealkylation sites (tertiary alicyclic amines) is 1. The number of rotatable bonds is 3. The SMILES string of the molecule is COC(=O)C1=C(C(=O)OC)C2([C@@H]3CN(C)[C@]4(C(=O)c5cccc6cccc4c56)[C@]34COc3ccccc3C4=O)C=CC1O2. The molecule has 0 aromatic heterocycles. The van der Waals surface area contributed by atoms with Crippen molar-refractivity contribution in [2.24, 2.45) is 11.3 Å². The number of methoxy groups -OCH3 is 2. The van der Waals surface area contributed by atoms with Gasteiger partial charge in [0.15, 0.2) is 11.6 Å². The monoisotopic (exact) mass is 577 g/mol. The lowest BCUT2D eigenvalue weighted by molar-refractivity contribution is -0.140. The van der Waals surface area contributed by atoms with Gasteiger partial charge >= 0.3 is 11.9 Å². The maximum atomic E-state index is 15.3. The van der Waals surface area contributed by atoms with Crippen LogP contribution in [0.25, 0.3) is 10.8 Å². The summed E-state index contributed by atoms with van der Waals surface area (Å²) < 4.78 is 23.3. The number of carbonyl (C=O) groups is 4. The topological polar surface area (TPSA) is 108 Å². The molecule has 1 fully saturated rings. The molecule has 9 nitrogen and oxygen atoms in total. The van der Waals surface area contributed by atoms with Crippen molar-refractivity contribution in [1.82, 2.24) is 4.90 Å². The van der Waals surface area contributed by atoms with Crippen molar-refractivity contribution in [3.8, 4) is 5.75 Å². The van der Waals surface area contributed by atoms with Crippen LogP contribution >= 0.6 is 0 Å². The fourth-order valence-electron chi connectivity index (χ4n) is 8.68. The number of nitrogens with zero attached hydrogens (tertiary/aromatic N) is 1. The number of hydrogen-bond donors (Lipinski definition) is 0. The van der Waals surface area contributed by atoms with Crippen LogP contribution in [-0.2, 0) is 29.3 Å². The fourth-order valence-corrected chi connectivity index (χ4v) is 8.68. The number of esters is 2. The predicted octanol–water partition coefficient (Wildman–Crippen LogP) is 3.40. The lowest BCUT2D eigenvalue weighted by Gasteiger charge is -2.50. The highest BCUT2D eigenvalue weighted by molar-refractivity contribution is 6.24. The third kappa shape index (κ3) is 2.76. The molecule has 0 amide bonds. The van der Waals surface area contributed by atoms with Gasteiger partial charge in [0.2, 0.25) is 0 Å². The Balaban J connectivity index is 1.46. The van der Waals surface area contributed by atoms with Crippen LogP contribution < -0.4 is 4.74 Å². The van der Waals surface area contributed by atoms with Gasteiger partial charge in [0.1, 0.15) is 35.0 Å². The number of ether oxygens (including phenoxy) is 4. The van der Waals surface area contributed by atoms with Crippen molar-refractivity contribution in [2.45, 2.75) is 17.2 Å². The van der Waals surface area contributed by atoms with Crippen LogP contribution in [-0.4, -0.2) is 74.5 Å². The minimum absolute atomic E-state index is 0.0167. The fraction of sp³-hybridized carbons (Fsp3) is 0.294. The van der Waals surface area contributed by atoms with Crippen LogP contribution in [0.2, 0.25) is 0 Å². The molecule has 2 unspecified atom stereocenters. The van der Waals surface area contributed by atoms with E-state index in [1.54, 1.807) is 42.5 Å². The van der Waals surface area contributed by atoms with E-state index in [0.717, 1.165) is 10.8 Å². The van der Waals surface area contributed by atoms with Gasteiger partial charge in [0.25, 0.3) is 0 Å². The Morgan fingerprint density at radius 1 is 0.907 bits per heavy atom. The Kier molecular flexibility index (Phi) is 5.14. The van der Waals surface area contributed by atoms with Crippen LogP contribution in [0.1, 0.15) is 26.3 Å². The molecule has 8 rings (SSSR count). The summed E-state index contributed by atoms with van der Waals surface area (Å²) >= 11 is 0. The van der Waals surface area contributed by atoms with Crippen molar-refractivity contribution in [1.29, 1.82) is 0 Å². The molecule has 3 aromatic rings. The molecule has 2 bridgehead atoms. The highest BCUT2D eigenvalue weighted by Gasteiger charge is 2.79. The average molecular weight is 578 g/mol. The summed E-state index contributed by atoms with van der Waals surface area (Å²) in [5.41, 5.74) is -3.07. The first-order chi connectivity index (χ1) is 20.8. The van der Waals surface area contributed by atoms with E-state index in [0.29, 0.717) is 22.4 Å². The molecule has 4 heterocycles. The zero-order valence-corrected chi connectivity index (χ0v) is 23.7. The Hall–Kier alpha value is -4.60. The molecule has 5 atom stereocenters. The van der Waals surface area contributed by atoms with Gasteiger partial charge in [0.05, 0.1) is 30.9 Å². The van der Waals surface area contributed by atoms with Crippen molar-refractivity contribution in [3.63, 3.8) is 0 Å².